The van der Waals surface area contributed by atoms with Crippen molar-refractivity contribution in [3.05, 3.63) is 27.7 Å². The first-order valence-electron chi connectivity index (χ1n) is 5.85. The van der Waals surface area contributed by atoms with Gasteiger partial charge in [0.05, 0.1) is 15.6 Å². The number of anilines is 1. The van der Waals surface area contributed by atoms with Gasteiger partial charge in [0.25, 0.3) is 5.91 Å². The largest absolute Gasteiger partial charge is 0.399 e. The smallest absolute Gasteiger partial charge is 0.252 e. The van der Waals surface area contributed by atoms with E-state index in [0.29, 0.717) is 34.7 Å². The van der Waals surface area contributed by atoms with Crippen molar-refractivity contribution < 1.29 is 4.79 Å². The van der Waals surface area contributed by atoms with Gasteiger partial charge in [0.2, 0.25) is 0 Å². The van der Waals surface area contributed by atoms with Crippen LogP contribution in [0.4, 0.5) is 5.69 Å². The molecule has 0 saturated carbocycles. The van der Waals surface area contributed by atoms with Gasteiger partial charge in [-0.25, -0.2) is 0 Å². The molecule has 3 N–H and O–H groups in total. The molecule has 0 spiro atoms. The number of halogens is 2. The molecule has 0 aromatic heterocycles. The third kappa shape index (κ3) is 3.79. The van der Waals surface area contributed by atoms with Crippen molar-refractivity contribution in [1.82, 2.24) is 5.32 Å². The average Bonchev–Trinajstić information content (AvgIpc) is 2.29. The molecule has 0 heterocycles. The molecule has 1 unspecified atom stereocenters. The summed E-state index contributed by atoms with van der Waals surface area (Å²) in [4.78, 5) is 12.0. The second-order valence-electron chi connectivity index (χ2n) is 4.80. The van der Waals surface area contributed by atoms with Gasteiger partial charge in [0.15, 0.2) is 0 Å². The minimum absolute atomic E-state index is 0.237. The molecule has 18 heavy (non-hydrogen) atoms. The molecule has 1 aromatic carbocycles. The van der Waals surface area contributed by atoms with Gasteiger partial charge in [0.1, 0.15) is 0 Å². The molecule has 0 aliphatic heterocycles. The summed E-state index contributed by atoms with van der Waals surface area (Å²) in [6.07, 6.45) is 0. The molecule has 100 valence electrons. The molecule has 1 atom stereocenters. The zero-order valence-corrected chi connectivity index (χ0v) is 12.3. The molecular formula is C13H18Cl2N2O. The molecule has 0 radical (unpaired) electrons. The summed E-state index contributed by atoms with van der Waals surface area (Å²) < 4.78 is 0. The van der Waals surface area contributed by atoms with Gasteiger partial charge in [0, 0.05) is 12.2 Å². The van der Waals surface area contributed by atoms with Gasteiger partial charge in [-0.05, 0) is 24.0 Å². The Hall–Kier alpha value is -0.930. The summed E-state index contributed by atoms with van der Waals surface area (Å²) in [5.74, 6) is 0.649. The van der Waals surface area contributed by atoms with Crippen LogP contribution in [-0.4, -0.2) is 12.5 Å². The number of nitrogens with two attached hydrogens (primary N) is 1. The molecule has 1 aromatic rings. The van der Waals surface area contributed by atoms with Crippen molar-refractivity contribution in [1.29, 1.82) is 0 Å². The number of benzene rings is 1. The van der Waals surface area contributed by atoms with Crippen molar-refractivity contribution >= 4 is 34.8 Å². The first-order chi connectivity index (χ1) is 8.32. The maximum Gasteiger partial charge on any atom is 0.252 e. The number of rotatable bonds is 4. The highest BCUT2D eigenvalue weighted by Gasteiger charge is 2.15. The number of carbonyl (C=O) groups excluding carboxylic acids is 1. The summed E-state index contributed by atoms with van der Waals surface area (Å²) in [5.41, 5.74) is 6.39. The van der Waals surface area contributed by atoms with E-state index in [1.807, 2.05) is 0 Å². The van der Waals surface area contributed by atoms with Crippen LogP contribution in [0.3, 0.4) is 0 Å². The summed E-state index contributed by atoms with van der Waals surface area (Å²) in [5, 5.41) is 3.36. The fourth-order valence-electron chi connectivity index (χ4n) is 1.36. The first kappa shape index (κ1) is 15.1. The topological polar surface area (TPSA) is 55.1 Å². The lowest BCUT2D eigenvalue weighted by Crippen LogP contribution is -2.30. The summed E-state index contributed by atoms with van der Waals surface area (Å²) in [7, 11) is 0. The highest BCUT2D eigenvalue weighted by atomic mass is 35.5. The van der Waals surface area contributed by atoms with Crippen molar-refractivity contribution in [3.8, 4) is 0 Å². The third-order valence-electron chi connectivity index (χ3n) is 3.02. The Morgan fingerprint density at radius 2 is 1.94 bits per heavy atom. The standard InChI is InChI=1S/C13H18Cl2N2O/c1-7(2)8(3)6-17-13(18)10-4-9(16)5-11(14)12(10)15/h4-5,7-8H,6,16H2,1-3H3,(H,17,18). The lowest BCUT2D eigenvalue weighted by Gasteiger charge is -2.16. The van der Waals surface area contributed by atoms with E-state index in [-0.39, 0.29) is 10.9 Å². The zero-order valence-electron chi connectivity index (χ0n) is 10.8. The molecule has 5 heteroatoms. The van der Waals surface area contributed by atoms with Crippen molar-refractivity contribution in [2.75, 3.05) is 12.3 Å². The summed E-state index contributed by atoms with van der Waals surface area (Å²) in [6, 6.07) is 3.06. The molecule has 0 bridgehead atoms. The maximum atomic E-state index is 12.0. The highest BCUT2D eigenvalue weighted by molar-refractivity contribution is 6.44. The third-order valence-corrected chi connectivity index (χ3v) is 3.82. The van der Waals surface area contributed by atoms with Crippen molar-refractivity contribution in [2.45, 2.75) is 20.8 Å². The molecule has 0 fully saturated rings. The number of carbonyl (C=O) groups is 1. The summed E-state index contributed by atoms with van der Waals surface area (Å²) >= 11 is 11.9. The Morgan fingerprint density at radius 3 is 2.50 bits per heavy atom. The minimum Gasteiger partial charge on any atom is -0.399 e. The van der Waals surface area contributed by atoms with Crippen LogP contribution in [0.15, 0.2) is 12.1 Å². The molecular weight excluding hydrogens is 271 g/mol. The van der Waals surface area contributed by atoms with E-state index in [9.17, 15) is 4.79 Å². The highest BCUT2D eigenvalue weighted by Crippen LogP contribution is 2.28. The molecule has 0 aliphatic carbocycles. The van der Waals surface area contributed by atoms with Gasteiger partial charge in [-0.15, -0.1) is 0 Å². The molecule has 0 aliphatic rings. The normalized spacial score (nSPS) is 12.6. The van der Waals surface area contributed by atoms with Crippen LogP contribution in [-0.2, 0) is 0 Å². The predicted octanol–water partition coefficient (Wildman–Crippen LogP) is 3.60. The van der Waals surface area contributed by atoms with E-state index in [0.717, 1.165) is 0 Å². The molecule has 3 nitrogen and oxygen atoms in total. The molecule has 0 saturated heterocycles. The van der Waals surface area contributed by atoms with Crippen LogP contribution in [0.1, 0.15) is 31.1 Å². The number of hydrogen-bond acceptors (Lipinski definition) is 2. The Kier molecular flexibility index (Phi) is 5.29. The minimum atomic E-state index is -0.248. The van der Waals surface area contributed by atoms with Crippen LogP contribution in [0, 0.1) is 11.8 Å². The quantitative estimate of drug-likeness (QED) is 0.832. The van der Waals surface area contributed by atoms with Crippen LogP contribution in [0.5, 0.6) is 0 Å². The van der Waals surface area contributed by atoms with E-state index >= 15 is 0 Å². The Morgan fingerprint density at radius 1 is 1.33 bits per heavy atom. The van der Waals surface area contributed by atoms with E-state index in [2.05, 4.69) is 26.1 Å². The fourth-order valence-corrected chi connectivity index (χ4v) is 1.78. The predicted molar refractivity (Wildman–Crippen MR) is 77.2 cm³/mol. The number of hydrogen-bond donors (Lipinski definition) is 2. The van der Waals surface area contributed by atoms with Crippen molar-refractivity contribution in [2.24, 2.45) is 11.8 Å². The van der Waals surface area contributed by atoms with Crippen LogP contribution in [0.25, 0.3) is 0 Å². The maximum absolute atomic E-state index is 12.0. The molecule has 1 amide bonds. The monoisotopic (exact) mass is 288 g/mol. The Balaban J connectivity index is 2.79. The van der Waals surface area contributed by atoms with Crippen LogP contribution < -0.4 is 11.1 Å². The van der Waals surface area contributed by atoms with Crippen LogP contribution in [0.2, 0.25) is 10.0 Å². The SMILES string of the molecule is CC(C)C(C)CNC(=O)c1cc(N)cc(Cl)c1Cl. The van der Waals surface area contributed by atoms with Gasteiger partial charge < -0.3 is 11.1 Å². The number of amides is 1. The van der Waals surface area contributed by atoms with Crippen LogP contribution >= 0.6 is 23.2 Å². The van der Waals surface area contributed by atoms with E-state index < -0.39 is 0 Å². The lowest BCUT2D eigenvalue weighted by molar-refractivity contribution is 0.0945. The van der Waals surface area contributed by atoms with Gasteiger partial charge in [-0.1, -0.05) is 44.0 Å². The van der Waals surface area contributed by atoms with E-state index in [1.165, 1.54) is 12.1 Å². The Labute approximate surface area is 118 Å². The fraction of sp³-hybridized carbons (Fsp3) is 0.462. The lowest BCUT2D eigenvalue weighted by atomic mass is 9.98. The molecule has 1 rings (SSSR count). The average molecular weight is 289 g/mol. The number of nitrogen functional groups attached to an aromatic ring is 1. The second kappa shape index (κ2) is 6.30. The Bertz CT molecular complexity index is 447. The first-order valence-corrected chi connectivity index (χ1v) is 6.61. The van der Waals surface area contributed by atoms with Crippen molar-refractivity contribution in [3.63, 3.8) is 0 Å². The van der Waals surface area contributed by atoms with Gasteiger partial charge in [-0.3, -0.25) is 4.79 Å². The second-order valence-corrected chi connectivity index (χ2v) is 5.58. The zero-order chi connectivity index (χ0) is 13.9. The van der Waals surface area contributed by atoms with Gasteiger partial charge >= 0.3 is 0 Å². The summed E-state index contributed by atoms with van der Waals surface area (Å²) in [6.45, 7) is 6.90. The van der Waals surface area contributed by atoms with E-state index in [1.54, 1.807) is 0 Å². The van der Waals surface area contributed by atoms with E-state index in [4.69, 9.17) is 28.9 Å². The van der Waals surface area contributed by atoms with Gasteiger partial charge in [-0.2, -0.15) is 0 Å². The number of nitrogens with one attached hydrogen (secondary N) is 1.